The number of nitrogens with one attached hydrogen (secondary N) is 1. The summed E-state index contributed by atoms with van der Waals surface area (Å²) in [7, 11) is 0. The van der Waals surface area contributed by atoms with Crippen LogP contribution in [0.15, 0.2) is 53.0 Å². The smallest absolute Gasteiger partial charge is 0.225 e. The summed E-state index contributed by atoms with van der Waals surface area (Å²) >= 11 is 1.64. The van der Waals surface area contributed by atoms with Gasteiger partial charge in [-0.3, -0.25) is 9.59 Å². The van der Waals surface area contributed by atoms with Crippen molar-refractivity contribution in [1.82, 2.24) is 5.32 Å². The summed E-state index contributed by atoms with van der Waals surface area (Å²) in [6.45, 7) is 0. The van der Waals surface area contributed by atoms with Gasteiger partial charge in [-0.25, -0.2) is 4.39 Å². The van der Waals surface area contributed by atoms with E-state index >= 15 is 0 Å². The van der Waals surface area contributed by atoms with Gasteiger partial charge in [0.15, 0.2) is 5.78 Å². The van der Waals surface area contributed by atoms with Crippen molar-refractivity contribution in [3.63, 3.8) is 0 Å². The molecule has 0 saturated carbocycles. The standard InChI is InChI=1S/C19H16FNO2S/c20-13-5-3-11(4-6-13)14-10-18(23)21-15-8-12(9-16(22)19(14)15)17-2-1-7-24-17/h1-7,12,14H,8-10H2,(H,21,23)/t12-,14+/m0/s1. The number of carbonyl (C=O) groups is 2. The number of halogens is 1. The minimum atomic E-state index is -0.319. The minimum Gasteiger partial charge on any atom is -0.329 e. The van der Waals surface area contributed by atoms with Crippen LogP contribution in [-0.4, -0.2) is 11.7 Å². The lowest BCUT2D eigenvalue weighted by molar-refractivity contribution is -0.122. The quantitative estimate of drug-likeness (QED) is 0.901. The highest BCUT2D eigenvalue weighted by molar-refractivity contribution is 7.10. The number of allylic oxidation sites excluding steroid dienone is 2. The zero-order valence-corrected chi connectivity index (χ0v) is 13.7. The normalized spacial score (nSPS) is 23.9. The molecule has 2 heterocycles. The SMILES string of the molecule is O=C1C[C@H](c2ccc(F)cc2)C2=C(C[C@H](c3cccs3)CC2=O)N1. The molecule has 24 heavy (non-hydrogen) atoms. The second-order valence-corrected chi connectivity index (χ2v) is 7.27. The maximum Gasteiger partial charge on any atom is 0.225 e. The van der Waals surface area contributed by atoms with Gasteiger partial charge in [-0.05, 0) is 35.6 Å². The first-order valence-corrected chi connectivity index (χ1v) is 8.84. The Hall–Kier alpha value is -2.27. The van der Waals surface area contributed by atoms with Crippen LogP contribution in [0.4, 0.5) is 4.39 Å². The second kappa shape index (κ2) is 5.98. The van der Waals surface area contributed by atoms with Crippen molar-refractivity contribution in [2.24, 2.45) is 0 Å². The first-order valence-electron chi connectivity index (χ1n) is 7.97. The Bertz CT molecular complexity index is 824. The Balaban J connectivity index is 1.72. The second-order valence-electron chi connectivity index (χ2n) is 6.29. The summed E-state index contributed by atoms with van der Waals surface area (Å²) < 4.78 is 13.2. The number of hydrogen-bond donors (Lipinski definition) is 1. The average Bonchev–Trinajstić information content (AvgIpc) is 3.09. The summed E-state index contributed by atoms with van der Waals surface area (Å²) in [4.78, 5) is 26.1. The van der Waals surface area contributed by atoms with Crippen LogP contribution in [0.2, 0.25) is 0 Å². The van der Waals surface area contributed by atoms with Crippen LogP contribution in [0.3, 0.4) is 0 Å². The third-order valence-corrected chi connectivity index (χ3v) is 5.79. The highest BCUT2D eigenvalue weighted by Crippen LogP contribution is 2.43. The zero-order chi connectivity index (χ0) is 16.7. The van der Waals surface area contributed by atoms with Crippen LogP contribution in [0.5, 0.6) is 0 Å². The number of thiophene rings is 1. The van der Waals surface area contributed by atoms with Crippen molar-refractivity contribution in [1.29, 1.82) is 0 Å². The van der Waals surface area contributed by atoms with Gasteiger partial charge in [0.05, 0.1) is 0 Å². The molecular formula is C19H16FNO2S. The Labute approximate surface area is 143 Å². The van der Waals surface area contributed by atoms with E-state index in [1.54, 1.807) is 23.5 Å². The molecule has 0 spiro atoms. The first kappa shape index (κ1) is 15.3. The van der Waals surface area contributed by atoms with E-state index in [4.69, 9.17) is 0 Å². The molecule has 1 aliphatic heterocycles. The van der Waals surface area contributed by atoms with Crippen LogP contribution in [0.25, 0.3) is 0 Å². The molecule has 2 aliphatic rings. The van der Waals surface area contributed by atoms with Crippen molar-refractivity contribution >= 4 is 23.0 Å². The van der Waals surface area contributed by atoms with Crippen molar-refractivity contribution in [2.75, 3.05) is 0 Å². The molecule has 1 aromatic heterocycles. The molecule has 1 N–H and O–H groups in total. The fourth-order valence-electron chi connectivity index (χ4n) is 3.66. The fraction of sp³-hybridized carbons (Fsp3) is 0.263. The van der Waals surface area contributed by atoms with Crippen molar-refractivity contribution in [3.05, 3.63) is 69.3 Å². The molecule has 0 saturated heterocycles. The predicted molar refractivity (Wildman–Crippen MR) is 90.2 cm³/mol. The molecule has 122 valence electrons. The lowest BCUT2D eigenvalue weighted by atomic mass is 9.75. The molecule has 1 aliphatic carbocycles. The van der Waals surface area contributed by atoms with Crippen LogP contribution in [0.1, 0.15) is 41.5 Å². The Morgan fingerprint density at radius 1 is 1.04 bits per heavy atom. The molecular weight excluding hydrogens is 325 g/mol. The van der Waals surface area contributed by atoms with Gasteiger partial charge in [0.25, 0.3) is 0 Å². The number of amides is 1. The van der Waals surface area contributed by atoms with Crippen LogP contribution in [-0.2, 0) is 9.59 Å². The van der Waals surface area contributed by atoms with Gasteiger partial charge in [-0.2, -0.15) is 0 Å². The summed E-state index contributed by atoms with van der Waals surface area (Å²) in [6.07, 6.45) is 1.37. The van der Waals surface area contributed by atoms with E-state index in [1.807, 2.05) is 17.5 Å². The average molecular weight is 341 g/mol. The number of Topliss-reactive ketones (excluding diaryl/α,β-unsaturated/α-hetero) is 1. The monoisotopic (exact) mass is 341 g/mol. The lowest BCUT2D eigenvalue weighted by Gasteiger charge is -2.34. The van der Waals surface area contributed by atoms with Crippen molar-refractivity contribution in [2.45, 2.75) is 31.1 Å². The largest absolute Gasteiger partial charge is 0.329 e. The molecule has 1 aromatic carbocycles. The highest BCUT2D eigenvalue weighted by Gasteiger charge is 2.38. The van der Waals surface area contributed by atoms with E-state index < -0.39 is 0 Å². The third kappa shape index (κ3) is 2.69. The highest BCUT2D eigenvalue weighted by atomic mass is 32.1. The van der Waals surface area contributed by atoms with Crippen molar-refractivity contribution in [3.8, 4) is 0 Å². The summed E-state index contributed by atoms with van der Waals surface area (Å²) in [6, 6.07) is 10.1. The minimum absolute atomic E-state index is 0.0808. The molecule has 5 heteroatoms. The zero-order valence-electron chi connectivity index (χ0n) is 12.9. The van der Waals surface area contributed by atoms with Crippen LogP contribution < -0.4 is 5.32 Å². The third-order valence-electron chi connectivity index (χ3n) is 4.75. The number of benzene rings is 1. The van der Waals surface area contributed by atoms with E-state index in [1.165, 1.54) is 17.0 Å². The first-order chi connectivity index (χ1) is 11.6. The Morgan fingerprint density at radius 2 is 1.83 bits per heavy atom. The van der Waals surface area contributed by atoms with Gasteiger partial charge < -0.3 is 5.32 Å². The molecule has 0 radical (unpaired) electrons. The number of ketones is 1. The maximum absolute atomic E-state index is 13.2. The van der Waals surface area contributed by atoms with Gasteiger partial charge in [0.1, 0.15) is 5.82 Å². The molecule has 2 atom stereocenters. The predicted octanol–water partition coefficient (Wildman–Crippen LogP) is 3.89. The fourth-order valence-corrected chi connectivity index (χ4v) is 4.50. The maximum atomic E-state index is 13.2. The van der Waals surface area contributed by atoms with Crippen molar-refractivity contribution < 1.29 is 14.0 Å². The molecule has 0 bridgehead atoms. The summed E-state index contributed by atoms with van der Waals surface area (Å²) in [5.74, 6) is -0.456. The van der Waals surface area contributed by atoms with Crippen LogP contribution in [0, 0.1) is 5.82 Å². The number of rotatable bonds is 2. The number of carbonyl (C=O) groups excluding carboxylic acids is 2. The Morgan fingerprint density at radius 3 is 2.54 bits per heavy atom. The molecule has 2 aromatic rings. The molecule has 4 rings (SSSR count). The topological polar surface area (TPSA) is 46.2 Å². The summed E-state index contributed by atoms with van der Waals surface area (Å²) in [5.41, 5.74) is 2.27. The molecule has 1 amide bonds. The Kier molecular flexibility index (Phi) is 3.81. The molecule has 0 unspecified atom stereocenters. The molecule has 3 nitrogen and oxygen atoms in total. The van der Waals surface area contributed by atoms with E-state index in [0.717, 1.165) is 11.3 Å². The van der Waals surface area contributed by atoms with Crippen LogP contribution >= 0.6 is 11.3 Å². The summed E-state index contributed by atoms with van der Waals surface area (Å²) in [5, 5.41) is 4.91. The molecule has 0 fully saturated rings. The van der Waals surface area contributed by atoms with Gasteiger partial charge >= 0.3 is 0 Å². The van der Waals surface area contributed by atoms with Gasteiger partial charge in [0.2, 0.25) is 5.91 Å². The van der Waals surface area contributed by atoms with E-state index in [-0.39, 0.29) is 35.8 Å². The van der Waals surface area contributed by atoms with E-state index in [0.29, 0.717) is 18.4 Å². The van der Waals surface area contributed by atoms with E-state index in [2.05, 4.69) is 5.32 Å². The van der Waals surface area contributed by atoms with Gasteiger partial charge in [-0.15, -0.1) is 11.3 Å². The lowest BCUT2D eigenvalue weighted by Crippen LogP contribution is -2.38. The van der Waals surface area contributed by atoms with Gasteiger partial charge in [0, 0.05) is 40.8 Å². The van der Waals surface area contributed by atoms with E-state index in [9.17, 15) is 14.0 Å². The number of hydrogen-bond acceptors (Lipinski definition) is 3. The van der Waals surface area contributed by atoms with Gasteiger partial charge in [-0.1, -0.05) is 18.2 Å².